The van der Waals surface area contributed by atoms with E-state index >= 15 is 0 Å². The Morgan fingerprint density at radius 3 is 2.57 bits per heavy atom. The zero-order valence-corrected chi connectivity index (χ0v) is 11.5. The fourth-order valence-corrected chi connectivity index (χ4v) is 2.60. The number of anilines is 1. The molecule has 9 heteroatoms. The Morgan fingerprint density at radius 2 is 1.90 bits per heavy atom. The first kappa shape index (κ1) is 15.3. The summed E-state index contributed by atoms with van der Waals surface area (Å²) < 4.78 is 52.2. The molecule has 0 fully saturated rings. The van der Waals surface area contributed by atoms with Crippen LogP contribution in [0.2, 0.25) is 0 Å². The number of halogens is 2. The lowest BCUT2D eigenvalue weighted by Crippen LogP contribution is -2.23. The minimum absolute atomic E-state index is 0.0481. The Bertz CT molecular complexity index is 753. The van der Waals surface area contributed by atoms with Gasteiger partial charge >= 0.3 is 0 Å². The van der Waals surface area contributed by atoms with E-state index in [9.17, 15) is 17.2 Å². The summed E-state index contributed by atoms with van der Waals surface area (Å²) >= 11 is 0. The van der Waals surface area contributed by atoms with E-state index in [2.05, 4.69) is 15.1 Å². The zero-order valence-electron chi connectivity index (χ0n) is 10.7. The van der Waals surface area contributed by atoms with E-state index < -0.39 is 21.7 Å². The normalized spacial score (nSPS) is 11.4. The van der Waals surface area contributed by atoms with Gasteiger partial charge in [-0.2, -0.15) is 0 Å². The van der Waals surface area contributed by atoms with Crippen molar-refractivity contribution in [1.82, 2.24) is 9.71 Å². The third kappa shape index (κ3) is 3.72. The van der Waals surface area contributed by atoms with Crippen molar-refractivity contribution >= 4 is 15.8 Å². The molecule has 0 aliphatic rings. The van der Waals surface area contributed by atoms with Gasteiger partial charge in [0, 0.05) is 18.8 Å². The number of pyridine rings is 1. The first-order valence-electron chi connectivity index (χ1n) is 5.78. The maximum Gasteiger partial charge on any atom is 0.241 e. The molecule has 0 spiro atoms. The molecule has 0 saturated heterocycles. The largest absolute Gasteiger partial charge is 0.308 e. The lowest BCUT2D eigenvalue weighted by Gasteiger charge is -2.08. The lowest BCUT2D eigenvalue weighted by molar-refractivity contribution is 0.506. The first-order chi connectivity index (χ1) is 9.92. The van der Waals surface area contributed by atoms with Crippen LogP contribution in [-0.2, 0) is 16.6 Å². The molecular formula is C12H12F2N4O2S. The molecule has 112 valence electrons. The minimum Gasteiger partial charge on any atom is -0.308 e. The number of hydrazine groups is 1. The molecule has 1 aromatic heterocycles. The van der Waals surface area contributed by atoms with Crippen molar-refractivity contribution in [1.29, 1.82) is 0 Å². The molecule has 2 aromatic rings. The molecule has 0 atom stereocenters. The standard InChI is InChI=1S/C12H12F2N4O2S/c13-10-2-1-8(5-11(10)14)7-17-21(19,20)9-3-4-16-12(6-9)18-15/h1-6,17H,7,15H2,(H,16,18). The molecule has 1 aromatic carbocycles. The smallest absolute Gasteiger partial charge is 0.241 e. The van der Waals surface area contributed by atoms with Gasteiger partial charge in [-0.25, -0.2) is 32.7 Å². The van der Waals surface area contributed by atoms with Gasteiger partial charge in [-0.1, -0.05) is 6.07 Å². The second-order valence-electron chi connectivity index (χ2n) is 4.09. The van der Waals surface area contributed by atoms with E-state index in [1.807, 2.05) is 0 Å². The minimum atomic E-state index is -3.82. The molecule has 6 nitrogen and oxygen atoms in total. The third-order valence-electron chi connectivity index (χ3n) is 2.64. The maximum absolute atomic E-state index is 13.0. The summed E-state index contributed by atoms with van der Waals surface area (Å²) in [6.07, 6.45) is 1.28. The maximum atomic E-state index is 13.0. The van der Waals surface area contributed by atoms with Gasteiger partial charge < -0.3 is 5.43 Å². The monoisotopic (exact) mass is 314 g/mol. The van der Waals surface area contributed by atoms with Crippen LogP contribution in [0.3, 0.4) is 0 Å². The predicted octanol–water partition coefficient (Wildman–Crippen LogP) is 1.12. The molecule has 4 N–H and O–H groups in total. The van der Waals surface area contributed by atoms with Crippen LogP contribution in [-0.4, -0.2) is 13.4 Å². The second-order valence-corrected chi connectivity index (χ2v) is 5.86. The fourth-order valence-electron chi connectivity index (χ4n) is 1.57. The van der Waals surface area contributed by atoms with E-state index in [1.165, 1.54) is 24.4 Å². The first-order valence-corrected chi connectivity index (χ1v) is 7.27. The molecule has 0 amide bonds. The number of nitrogens with one attached hydrogen (secondary N) is 2. The lowest BCUT2D eigenvalue weighted by atomic mass is 10.2. The number of nitrogens with zero attached hydrogens (tertiary/aromatic N) is 1. The topological polar surface area (TPSA) is 97.1 Å². The number of hydrogen-bond donors (Lipinski definition) is 3. The molecular weight excluding hydrogens is 302 g/mol. The highest BCUT2D eigenvalue weighted by atomic mass is 32.2. The summed E-state index contributed by atoms with van der Waals surface area (Å²) in [4.78, 5) is 3.74. The van der Waals surface area contributed by atoms with Gasteiger partial charge in [0.1, 0.15) is 5.82 Å². The van der Waals surface area contributed by atoms with Crippen LogP contribution in [0.4, 0.5) is 14.6 Å². The van der Waals surface area contributed by atoms with E-state index in [4.69, 9.17) is 5.84 Å². The number of nitrogen functional groups attached to an aromatic ring is 1. The van der Waals surface area contributed by atoms with Crippen LogP contribution < -0.4 is 16.0 Å². The van der Waals surface area contributed by atoms with Gasteiger partial charge in [0.15, 0.2) is 11.6 Å². The molecule has 2 rings (SSSR count). The Balaban J connectivity index is 2.15. The molecule has 0 radical (unpaired) electrons. The van der Waals surface area contributed by atoms with Gasteiger partial charge in [-0.15, -0.1) is 0 Å². The van der Waals surface area contributed by atoms with Gasteiger partial charge in [-0.05, 0) is 23.8 Å². The van der Waals surface area contributed by atoms with Crippen LogP contribution in [0.1, 0.15) is 5.56 Å². The van der Waals surface area contributed by atoms with E-state index in [-0.39, 0.29) is 17.3 Å². The quantitative estimate of drug-likeness (QED) is 0.568. The summed E-state index contributed by atoms with van der Waals surface area (Å²) in [5, 5.41) is 0. The van der Waals surface area contributed by atoms with Gasteiger partial charge in [-0.3, -0.25) is 0 Å². The molecule has 0 saturated carbocycles. The summed E-state index contributed by atoms with van der Waals surface area (Å²) in [5.74, 6) is 3.31. The van der Waals surface area contributed by atoms with E-state index in [1.54, 1.807) is 0 Å². The average Bonchev–Trinajstić information content (AvgIpc) is 2.48. The number of sulfonamides is 1. The molecule has 0 aliphatic heterocycles. The van der Waals surface area contributed by atoms with Crippen molar-refractivity contribution in [2.75, 3.05) is 5.43 Å². The third-order valence-corrected chi connectivity index (χ3v) is 4.04. The molecule has 0 unspecified atom stereocenters. The summed E-state index contributed by atoms with van der Waals surface area (Å²) in [6.45, 7) is -0.173. The highest BCUT2D eigenvalue weighted by Gasteiger charge is 2.15. The highest BCUT2D eigenvalue weighted by Crippen LogP contribution is 2.13. The van der Waals surface area contributed by atoms with Crippen molar-refractivity contribution in [3.8, 4) is 0 Å². The van der Waals surface area contributed by atoms with Gasteiger partial charge in [0.2, 0.25) is 10.0 Å². The number of aromatic nitrogens is 1. The summed E-state index contributed by atoms with van der Waals surface area (Å²) in [6, 6.07) is 5.68. The average molecular weight is 314 g/mol. The molecule has 21 heavy (non-hydrogen) atoms. The van der Waals surface area contributed by atoms with Crippen molar-refractivity contribution < 1.29 is 17.2 Å². The molecule has 0 aliphatic carbocycles. The van der Waals surface area contributed by atoms with Crippen molar-refractivity contribution in [2.45, 2.75) is 11.4 Å². The Hall–Kier alpha value is -2.10. The van der Waals surface area contributed by atoms with Crippen molar-refractivity contribution in [3.05, 3.63) is 53.7 Å². The van der Waals surface area contributed by atoms with Crippen molar-refractivity contribution in [2.24, 2.45) is 5.84 Å². The highest BCUT2D eigenvalue weighted by molar-refractivity contribution is 7.89. The Labute approximate surface area is 120 Å². The van der Waals surface area contributed by atoms with Crippen LogP contribution >= 0.6 is 0 Å². The molecule has 1 heterocycles. The van der Waals surface area contributed by atoms with E-state index in [0.29, 0.717) is 5.56 Å². The number of rotatable bonds is 5. The van der Waals surface area contributed by atoms with Crippen LogP contribution in [0, 0.1) is 11.6 Å². The van der Waals surface area contributed by atoms with Crippen molar-refractivity contribution in [3.63, 3.8) is 0 Å². The Kier molecular flexibility index (Phi) is 4.46. The molecule has 0 bridgehead atoms. The number of nitrogens with two attached hydrogens (primary N) is 1. The van der Waals surface area contributed by atoms with Gasteiger partial charge in [0.25, 0.3) is 0 Å². The van der Waals surface area contributed by atoms with Crippen LogP contribution in [0.5, 0.6) is 0 Å². The number of hydrogen-bond acceptors (Lipinski definition) is 5. The SMILES string of the molecule is NNc1cc(S(=O)(=O)NCc2ccc(F)c(F)c2)ccn1. The fraction of sp³-hybridized carbons (Fsp3) is 0.0833. The Morgan fingerprint density at radius 1 is 1.14 bits per heavy atom. The second kappa shape index (κ2) is 6.12. The van der Waals surface area contributed by atoms with Crippen LogP contribution in [0.15, 0.2) is 41.4 Å². The number of benzene rings is 1. The summed E-state index contributed by atoms with van der Waals surface area (Å²) in [7, 11) is -3.82. The van der Waals surface area contributed by atoms with Gasteiger partial charge in [0.05, 0.1) is 4.90 Å². The predicted molar refractivity (Wildman–Crippen MR) is 72.4 cm³/mol. The zero-order chi connectivity index (χ0) is 15.5. The summed E-state index contributed by atoms with van der Waals surface area (Å²) in [5.41, 5.74) is 2.53. The van der Waals surface area contributed by atoms with E-state index in [0.717, 1.165) is 12.1 Å². The van der Waals surface area contributed by atoms with Crippen LogP contribution in [0.25, 0.3) is 0 Å².